The molecule has 0 bridgehead atoms. The van der Waals surface area contributed by atoms with Gasteiger partial charge in [-0.25, -0.2) is 4.98 Å². The minimum Gasteiger partial charge on any atom is -0.454 e. The van der Waals surface area contributed by atoms with Gasteiger partial charge in [0.05, 0.1) is 22.0 Å². The molecule has 7 heteroatoms. The SMILES string of the molecule is CC(SCC(=O)N(C)Cc1ccc2c(c1)OCO2)c1nc2ccccc2[nH]1. The number of hydrogen-bond acceptors (Lipinski definition) is 5. The Morgan fingerprint density at radius 2 is 2.07 bits per heavy atom. The molecule has 1 aliphatic heterocycles. The molecule has 0 saturated carbocycles. The first-order chi connectivity index (χ1) is 13.1. The van der Waals surface area contributed by atoms with Crippen molar-refractivity contribution in [1.29, 1.82) is 0 Å². The van der Waals surface area contributed by atoms with E-state index in [1.54, 1.807) is 16.7 Å². The van der Waals surface area contributed by atoms with E-state index < -0.39 is 0 Å². The quantitative estimate of drug-likeness (QED) is 0.702. The Morgan fingerprint density at radius 3 is 2.93 bits per heavy atom. The number of carbonyl (C=O) groups excluding carboxylic acids is 1. The Kier molecular flexibility index (Phi) is 4.94. The molecule has 2 heterocycles. The molecule has 1 unspecified atom stereocenters. The van der Waals surface area contributed by atoms with E-state index in [2.05, 4.69) is 16.9 Å². The highest BCUT2D eigenvalue weighted by Gasteiger charge is 2.17. The minimum absolute atomic E-state index is 0.0839. The van der Waals surface area contributed by atoms with Crippen LogP contribution in [0.5, 0.6) is 11.5 Å². The van der Waals surface area contributed by atoms with E-state index in [0.29, 0.717) is 12.3 Å². The van der Waals surface area contributed by atoms with Gasteiger partial charge in [0.2, 0.25) is 12.7 Å². The first-order valence-electron chi connectivity index (χ1n) is 8.79. The Hall–Kier alpha value is -2.67. The normalized spacial score (nSPS) is 13.7. The molecule has 1 N–H and O–H groups in total. The first kappa shape index (κ1) is 17.7. The number of nitrogens with zero attached hydrogens (tertiary/aromatic N) is 2. The average molecular weight is 383 g/mol. The Balaban J connectivity index is 1.32. The predicted octanol–water partition coefficient (Wildman–Crippen LogP) is 3.74. The molecule has 0 fully saturated rings. The summed E-state index contributed by atoms with van der Waals surface area (Å²) in [5, 5.41) is 0.111. The molecule has 0 spiro atoms. The van der Waals surface area contributed by atoms with Crippen LogP contribution in [0.3, 0.4) is 0 Å². The summed E-state index contributed by atoms with van der Waals surface area (Å²) < 4.78 is 10.7. The summed E-state index contributed by atoms with van der Waals surface area (Å²) in [4.78, 5) is 22.2. The molecule has 0 saturated heterocycles. The molecule has 6 nitrogen and oxygen atoms in total. The van der Waals surface area contributed by atoms with Gasteiger partial charge < -0.3 is 19.4 Å². The van der Waals surface area contributed by atoms with Crippen LogP contribution in [-0.2, 0) is 11.3 Å². The third-order valence-corrected chi connectivity index (χ3v) is 5.67. The topological polar surface area (TPSA) is 67.5 Å². The van der Waals surface area contributed by atoms with Crippen LogP contribution < -0.4 is 9.47 Å². The molecule has 1 aliphatic rings. The molecular formula is C20H21N3O3S. The molecule has 1 aromatic heterocycles. The van der Waals surface area contributed by atoms with Crippen LogP contribution in [0.1, 0.15) is 23.6 Å². The number of para-hydroxylation sites is 2. The standard InChI is InChI=1S/C20H21N3O3S/c1-13(20-21-15-5-3-4-6-16(15)22-20)27-11-19(24)23(2)10-14-7-8-17-18(9-14)26-12-25-17/h3-9,13H,10-12H2,1-2H3,(H,21,22). The van der Waals surface area contributed by atoms with Gasteiger partial charge >= 0.3 is 0 Å². The van der Waals surface area contributed by atoms with Gasteiger partial charge in [-0.3, -0.25) is 4.79 Å². The van der Waals surface area contributed by atoms with Crippen molar-refractivity contribution in [3.05, 3.63) is 53.9 Å². The lowest BCUT2D eigenvalue weighted by Crippen LogP contribution is -2.28. The second-order valence-electron chi connectivity index (χ2n) is 6.53. The van der Waals surface area contributed by atoms with Gasteiger partial charge in [0, 0.05) is 13.6 Å². The molecule has 1 amide bonds. The van der Waals surface area contributed by atoms with Crippen LogP contribution in [-0.4, -0.2) is 40.4 Å². The average Bonchev–Trinajstić information content (AvgIpc) is 3.31. The number of nitrogens with one attached hydrogen (secondary N) is 1. The number of hydrogen-bond donors (Lipinski definition) is 1. The molecule has 4 rings (SSSR count). The summed E-state index contributed by atoms with van der Waals surface area (Å²) in [7, 11) is 1.82. The van der Waals surface area contributed by atoms with Crippen molar-refractivity contribution in [3.63, 3.8) is 0 Å². The fourth-order valence-corrected chi connectivity index (χ4v) is 3.83. The highest BCUT2D eigenvalue weighted by molar-refractivity contribution is 8.00. The summed E-state index contributed by atoms with van der Waals surface area (Å²) in [6.45, 7) is 2.85. The Bertz CT molecular complexity index is 939. The maximum Gasteiger partial charge on any atom is 0.232 e. The van der Waals surface area contributed by atoms with E-state index in [-0.39, 0.29) is 18.0 Å². The predicted molar refractivity (Wildman–Crippen MR) is 106 cm³/mol. The number of H-pyrrole nitrogens is 1. The number of benzene rings is 2. The van der Waals surface area contributed by atoms with E-state index in [1.807, 2.05) is 49.5 Å². The fraction of sp³-hybridized carbons (Fsp3) is 0.300. The zero-order chi connectivity index (χ0) is 18.8. The second-order valence-corrected chi connectivity index (χ2v) is 7.86. The zero-order valence-electron chi connectivity index (χ0n) is 15.3. The largest absolute Gasteiger partial charge is 0.454 e. The molecule has 3 aromatic rings. The van der Waals surface area contributed by atoms with Gasteiger partial charge in [0.15, 0.2) is 11.5 Å². The smallest absolute Gasteiger partial charge is 0.232 e. The maximum atomic E-state index is 12.5. The van der Waals surface area contributed by atoms with Crippen LogP contribution in [0, 0.1) is 0 Å². The first-order valence-corrected chi connectivity index (χ1v) is 9.84. The maximum absolute atomic E-state index is 12.5. The number of carbonyl (C=O) groups is 1. The molecular weight excluding hydrogens is 362 g/mol. The summed E-state index contributed by atoms with van der Waals surface area (Å²) in [6.07, 6.45) is 0. The van der Waals surface area contributed by atoms with E-state index in [4.69, 9.17) is 9.47 Å². The van der Waals surface area contributed by atoms with Crippen molar-refractivity contribution >= 4 is 28.7 Å². The van der Waals surface area contributed by atoms with E-state index >= 15 is 0 Å². The number of fused-ring (bicyclic) bond motifs is 2. The van der Waals surface area contributed by atoms with Gasteiger partial charge in [-0.1, -0.05) is 18.2 Å². The number of rotatable bonds is 6. The van der Waals surface area contributed by atoms with Gasteiger partial charge in [-0.2, -0.15) is 0 Å². The van der Waals surface area contributed by atoms with Crippen molar-refractivity contribution in [2.45, 2.75) is 18.7 Å². The molecule has 2 aromatic carbocycles. The lowest BCUT2D eigenvalue weighted by Gasteiger charge is -2.18. The number of thioether (sulfide) groups is 1. The number of imidazole rings is 1. The summed E-state index contributed by atoms with van der Waals surface area (Å²) >= 11 is 1.58. The minimum atomic E-state index is 0.0839. The third-order valence-electron chi connectivity index (χ3n) is 4.53. The fourth-order valence-electron chi connectivity index (χ4n) is 2.95. The van der Waals surface area contributed by atoms with E-state index in [9.17, 15) is 4.79 Å². The van der Waals surface area contributed by atoms with Crippen LogP contribution >= 0.6 is 11.8 Å². The number of aromatic nitrogens is 2. The molecule has 0 radical (unpaired) electrons. The van der Waals surface area contributed by atoms with Gasteiger partial charge in [-0.05, 0) is 36.8 Å². The van der Waals surface area contributed by atoms with E-state index in [0.717, 1.165) is 33.9 Å². The Morgan fingerprint density at radius 1 is 1.26 bits per heavy atom. The molecule has 1 atom stereocenters. The van der Waals surface area contributed by atoms with Crippen LogP contribution in [0.4, 0.5) is 0 Å². The third kappa shape index (κ3) is 3.88. The number of amides is 1. The Labute approximate surface area is 161 Å². The molecule has 140 valence electrons. The highest BCUT2D eigenvalue weighted by atomic mass is 32.2. The lowest BCUT2D eigenvalue weighted by atomic mass is 10.2. The number of ether oxygens (including phenoxy) is 2. The van der Waals surface area contributed by atoms with Gasteiger partial charge in [0.1, 0.15) is 5.82 Å². The molecule has 27 heavy (non-hydrogen) atoms. The highest BCUT2D eigenvalue weighted by Crippen LogP contribution is 2.33. The molecule has 0 aliphatic carbocycles. The lowest BCUT2D eigenvalue weighted by molar-refractivity contribution is -0.127. The monoisotopic (exact) mass is 383 g/mol. The van der Waals surface area contributed by atoms with Crippen molar-refractivity contribution in [2.24, 2.45) is 0 Å². The summed E-state index contributed by atoms with van der Waals surface area (Å²) in [6, 6.07) is 13.7. The van der Waals surface area contributed by atoms with Gasteiger partial charge in [-0.15, -0.1) is 11.8 Å². The van der Waals surface area contributed by atoms with Crippen LogP contribution in [0.2, 0.25) is 0 Å². The van der Waals surface area contributed by atoms with Crippen molar-refractivity contribution in [2.75, 3.05) is 19.6 Å². The van der Waals surface area contributed by atoms with Gasteiger partial charge in [0.25, 0.3) is 0 Å². The van der Waals surface area contributed by atoms with Crippen molar-refractivity contribution < 1.29 is 14.3 Å². The second kappa shape index (κ2) is 7.52. The summed E-state index contributed by atoms with van der Waals surface area (Å²) in [5.74, 6) is 2.87. The van der Waals surface area contributed by atoms with E-state index in [1.165, 1.54) is 0 Å². The van der Waals surface area contributed by atoms with Crippen molar-refractivity contribution in [1.82, 2.24) is 14.9 Å². The van der Waals surface area contributed by atoms with Crippen molar-refractivity contribution in [3.8, 4) is 11.5 Å². The summed E-state index contributed by atoms with van der Waals surface area (Å²) in [5.41, 5.74) is 2.99. The number of aromatic amines is 1. The van der Waals surface area contributed by atoms with Crippen LogP contribution in [0.25, 0.3) is 11.0 Å². The zero-order valence-corrected chi connectivity index (χ0v) is 16.1. The van der Waals surface area contributed by atoms with Crippen LogP contribution in [0.15, 0.2) is 42.5 Å².